The van der Waals surface area contributed by atoms with Crippen molar-refractivity contribution in [3.8, 4) is 0 Å². The Labute approximate surface area is 103 Å². The predicted octanol–water partition coefficient (Wildman–Crippen LogP) is 1.83. The van der Waals surface area contributed by atoms with E-state index < -0.39 is 18.0 Å². The third-order valence-electron chi connectivity index (χ3n) is 2.62. The number of carboxylic acid groups (broad SMARTS) is 1. The fourth-order valence-electron chi connectivity index (χ4n) is 1.31. The molecule has 0 aromatic carbocycles. The van der Waals surface area contributed by atoms with Gasteiger partial charge in [-0.25, -0.2) is 9.59 Å². The fraction of sp³-hybridized carbons (Fsp3) is 0.833. The maximum atomic E-state index is 11.5. The maximum absolute atomic E-state index is 11.5. The van der Waals surface area contributed by atoms with Crippen molar-refractivity contribution in [2.24, 2.45) is 11.8 Å². The highest BCUT2D eigenvalue weighted by Gasteiger charge is 2.20. The van der Waals surface area contributed by atoms with Gasteiger partial charge in [-0.1, -0.05) is 34.1 Å². The van der Waals surface area contributed by atoms with Crippen molar-refractivity contribution >= 4 is 12.0 Å². The van der Waals surface area contributed by atoms with Gasteiger partial charge in [0, 0.05) is 6.54 Å². The first-order valence-electron chi connectivity index (χ1n) is 6.13. The first kappa shape index (κ1) is 15.7. The van der Waals surface area contributed by atoms with Gasteiger partial charge in [-0.15, -0.1) is 0 Å². The van der Waals surface area contributed by atoms with Gasteiger partial charge in [0.1, 0.15) is 6.04 Å². The molecule has 0 radical (unpaired) electrons. The van der Waals surface area contributed by atoms with E-state index in [4.69, 9.17) is 5.11 Å². The number of hydrogen-bond acceptors (Lipinski definition) is 2. The van der Waals surface area contributed by atoms with E-state index >= 15 is 0 Å². The van der Waals surface area contributed by atoms with Gasteiger partial charge in [-0.3, -0.25) is 0 Å². The zero-order valence-corrected chi connectivity index (χ0v) is 11.1. The van der Waals surface area contributed by atoms with Crippen molar-refractivity contribution in [2.75, 3.05) is 6.54 Å². The second-order valence-electron chi connectivity index (χ2n) is 4.89. The molecule has 3 N–H and O–H groups in total. The summed E-state index contributed by atoms with van der Waals surface area (Å²) in [6.45, 7) is 8.49. The largest absolute Gasteiger partial charge is 0.480 e. The molecule has 0 aromatic heterocycles. The van der Waals surface area contributed by atoms with Crippen LogP contribution >= 0.6 is 0 Å². The van der Waals surface area contributed by atoms with E-state index in [0.717, 1.165) is 6.42 Å². The minimum Gasteiger partial charge on any atom is -0.480 e. The highest BCUT2D eigenvalue weighted by atomic mass is 16.4. The summed E-state index contributed by atoms with van der Waals surface area (Å²) in [6.07, 6.45) is 1.42. The summed E-state index contributed by atoms with van der Waals surface area (Å²) in [5.74, 6) is -0.363. The SMILES string of the molecule is CCC(C)CNC(=O)NC(CC(C)C)C(=O)O. The second-order valence-corrected chi connectivity index (χ2v) is 4.89. The summed E-state index contributed by atoms with van der Waals surface area (Å²) in [7, 11) is 0. The molecule has 0 fully saturated rings. The lowest BCUT2D eigenvalue weighted by Gasteiger charge is -2.17. The van der Waals surface area contributed by atoms with Gasteiger partial charge in [-0.2, -0.15) is 0 Å². The van der Waals surface area contributed by atoms with E-state index in [9.17, 15) is 9.59 Å². The molecule has 0 aliphatic heterocycles. The molecule has 0 rings (SSSR count). The number of carbonyl (C=O) groups is 2. The van der Waals surface area contributed by atoms with Crippen LogP contribution < -0.4 is 10.6 Å². The van der Waals surface area contributed by atoms with Crippen LogP contribution in [-0.2, 0) is 4.79 Å². The highest BCUT2D eigenvalue weighted by molar-refractivity contribution is 5.82. The molecule has 2 unspecified atom stereocenters. The molecule has 0 aliphatic carbocycles. The Kier molecular flexibility index (Phi) is 7.34. The van der Waals surface area contributed by atoms with Gasteiger partial charge in [0.15, 0.2) is 0 Å². The summed E-state index contributed by atoms with van der Waals surface area (Å²) in [6, 6.07) is -1.22. The predicted molar refractivity (Wildman–Crippen MR) is 66.9 cm³/mol. The highest BCUT2D eigenvalue weighted by Crippen LogP contribution is 2.04. The van der Waals surface area contributed by atoms with E-state index in [2.05, 4.69) is 10.6 Å². The minimum atomic E-state index is -0.989. The average Bonchev–Trinajstić information content (AvgIpc) is 2.24. The summed E-state index contributed by atoms with van der Waals surface area (Å²) in [5, 5.41) is 14.1. The van der Waals surface area contributed by atoms with Gasteiger partial charge >= 0.3 is 12.0 Å². The van der Waals surface area contributed by atoms with Gasteiger partial charge in [0.2, 0.25) is 0 Å². The van der Waals surface area contributed by atoms with Gasteiger partial charge in [0.25, 0.3) is 0 Å². The first-order valence-corrected chi connectivity index (χ1v) is 6.13. The monoisotopic (exact) mass is 244 g/mol. The summed E-state index contributed by atoms with van der Waals surface area (Å²) in [5.41, 5.74) is 0. The van der Waals surface area contributed by atoms with E-state index in [1.807, 2.05) is 27.7 Å². The van der Waals surface area contributed by atoms with Crippen LogP contribution in [0.1, 0.15) is 40.5 Å². The number of hydrogen-bond donors (Lipinski definition) is 3. The lowest BCUT2D eigenvalue weighted by atomic mass is 10.0. The molecule has 5 nitrogen and oxygen atoms in total. The molecule has 2 atom stereocenters. The fourth-order valence-corrected chi connectivity index (χ4v) is 1.31. The van der Waals surface area contributed by atoms with E-state index in [0.29, 0.717) is 18.9 Å². The Balaban J connectivity index is 4.08. The molecular formula is C12H24N2O3. The molecule has 0 heterocycles. The molecule has 0 spiro atoms. The Morgan fingerprint density at radius 3 is 2.24 bits per heavy atom. The van der Waals surface area contributed by atoms with Crippen molar-refractivity contribution in [1.82, 2.24) is 10.6 Å². The van der Waals surface area contributed by atoms with Crippen molar-refractivity contribution < 1.29 is 14.7 Å². The standard InChI is InChI=1S/C12H24N2O3/c1-5-9(4)7-13-12(17)14-10(11(15)16)6-8(2)3/h8-10H,5-7H2,1-4H3,(H,15,16)(H2,13,14,17). The Morgan fingerprint density at radius 2 is 1.82 bits per heavy atom. The molecule has 0 bridgehead atoms. The van der Waals surface area contributed by atoms with Crippen molar-refractivity contribution in [3.05, 3.63) is 0 Å². The molecule has 0 saturated carbocycles. The normalized spacial score (nSPS) is 14.2. The number of carbonyl (C=O) groups excluding carboxylic acids is 1. The molecule has 0 aromatic rings. The van der Waals surface area contributed by atoms with Gasteiger partial charge in [0.05, 0.1) is 0 Å². The number of amides is 2. The molecule has 2 amide bonds. The van der Waals surface area contributed by atoms with Crippen LogP contribution in [0.25, 0.3) is 0 Å². The zero-order valence-electron chi connectivity index (χ0n) is 11.1. The molecule has 5 heteroatoms. The van der Waals surface area contributed by atoms with Crippen molar-refractivity contribution in [2.45, 2.75) is 46.6 Å². The number of rotatable bonds is 7. The van der Waals surface area contributed by atoms with E-state index in [1.165, 1.54) is 0 Å². The maximum Gasteiger partial charge on any atom is 0.326 e. The van der Waals surface area contributed by atoms with Crippen LogP contribution in [0.3, 0.4) is 0 Å². The lowest BCUT2D eigenvalue weighted by Crippen LogP contribution is -2.47. The Hall–Kier alpha value is -1.26. The zero-order chi connectivity index (χ0) is 13.4. The van der Waals surface area contributed by atoms with Crippen LogP contribution in [0, 0.1) is 11.8 Å². The molecule has 0 saturated heterocycles. The number of urea groups is 1. The molecule has 0 aliphatic rings. The van der Waals surface area contributed by atoms with Gasteiger partial charge in [-0.05, 0) is 18.3 Å². The Morgan fingerprint density at radius 1 is 1.24 bits per heavy atom. The van der Waals surface area contributed by atoms with Gasteiger partial charge < -0.3 is 15.7 Å². The molecule has 100 valence electrons. The molecule has 17 heavy (non-hydrogen) atoms. The van der Waals surface area contributed by atoms with E-state index in [-0.39, 0.29) is 5.92 Å². The van der Waals surface area contributed by atoms with E-state index in [1.54, 1.807) is 0 Å². The first-order chi connectivity index (χ1) is 7.86. The van der Waals surface area contributed by atoms with Crippen molar-refractivity contribution in [1.29, 1.82) is 0 Å². The summed E-state index contributed by atoms with van der Waals surface area (Å²) < 4.78 is 0. The second kappa shape index (κ2) is 7.92. The lowest BCUT2D eigenvalue weighted by molar-refractivity contribution is -0.139. The quantitative estimate of drug-likeness (QED) is 0.639. The Bertz CT molecular complexity index is 254. The summed E-state index contributed by atoms with van der Waals surface area (Å²) >= 11 is 0. The van der Waals surface area contributed by atoms with Crippen LogP contribution in [0.4, 0.5) is 4.79 Å². The summed E-state index contributed by atoms with van der Waals surface area (Å²) in [4.78, 5) is 22.4. The number of nitrogens with one attached hydrogen (secondary N) is 2. The number of carboxylic acids is 1. The third kappa shape index (κ3) is 7.60. The molecular weight excluding hydrogens is 220 g/mol. The van der Waals surface area contributed by atoms with Crippen LogP contribution in [0.15, 0.2) is 0 Å². The third-order valence-corrected chi connectivity index (χ3v) is 2.62. The average molecular weight is 244 g/mol. The van der Waals surface area contributed by atoms with Crippen LogP contribution in [-0.4, -0.2) is 29.7 Å². The number of aliphatic carboxylic acids is 1. The minimum absolute atomic E-state index is 0.228. The van der Waals surface area contributed by atoms with Crippen molar-refractivity contribution in [3.63, 3.8) is 0 Å². The van der Waals surface area contributed by atoms with Crippen LogP contribution in [0.2, 0.25) is 0 Å². The topological polar surface area (TPSA) is 78.4 Å². The van der Waals surface area contributed by atoms with Crippen LogP contribution in [0.5, 0.6) is 0 Å². The smallest absolute Gasteiger partial charge is 0.326 e.